The third kappa shape index (κ3) is 6.83. The van der Waals surface area contributed by atoms with E-state index in [2.05, 4.69) is 16.7 Å². The Morgan fingerprint density at radius 1 is 1.03 bits per heavy atom. The molecule has 0 radical (unpaired) electrons. The highest BCUT2D eigenvalue weighted by molar-refractivity contribution is 6.00. The monoisotopic (exact) mass is 474 g/mol. The van der Waals surface area contributed by atoms with Crippen molar-refractivity contribution in [1.82, 2.24) is 10.6 Å². The molecule has 4 rings (SSSR count). The maximum atomic E-state index is 13.0. The first-order valence-electron chi connectivity index (χ1n) is 12.3. The molecule has 1 aliphatic rings. The number of benzene rings is 3. The van der Waals surface area contributed by atoms with Crippen LogP contribution in [0.3, 0.4) is 0 Å². The van der Waals surface area contributed by atoms with Gasteiger partial charge < -0.3 is 20.1 Å². The van der Waals surface area contributed by atoms with Crippen molar-refractivity contribution in [1.29, 1.82) is 0 Å². The number of ether oxygens (including phenoxy) is 2. The number of rotatable bonds is 9. The Balaban J connectivity index is 1.31. The van der Waals surface area contributed by atoms with Crippen LogP contribution in [0.25, 0.3) is 10.8 Å². The number of amides is 1. The fourth-order valence-corrected chi connectivity index (χ4v) is 4.26. The van der Waals surface area contributed by atoms with E-state index >= 15 is 0 Å². The van der Waals surface area contributed by atoms with Gasteiger partial charge >= 0.3 is 5.97 Å². The molecule has 184 valence electrons. The van der Waals surface area contributed by atoms with E-state index in [1.807, 2.05) is 75.4 Å². The molecule has 35 heavy (non-hydrogen) atoms. The van der Waals surface area contributed by atoms with E-state index in [-0.39, 0.29) is 12.0 Å². The summed E-state index contributed by atoms with van der Waals surface area (Å²) in [7, 11) is 0. The van der Waals surface area contributed by atoms with Crippen LogP contribution in [-0.4, -0.2) is 42.7 Å². The van der Waals surface area contributed by atoms with E-state index in [1.54, 1.807) is 6.07 Å². The molecular formula is C29H34N2O4. The molecule has 6 heteroatoms. The average molecular weight is 475 g/mol. The number of esters is 1. The topological polar surface area (TPSA) is 76.7 Å². The van der Waals surface area contributed by atoms with Crippen molar-refractivity contribution in [2.75, 3.05) is 13.1 Å². The highest BCUT2D eigenvalue weighted by Gasteiger charge is 2.27. The molecule has 0 saturated heterocycles. The first-order valence-corrected chi connectivity index (χ1v) is 12.3. The summed E-state index contributed by atoms with van der Waals surface area (Å²) in [5.74, 6) is 0.263. The van der Waals surface area contributed by atoms with Gasteiger partial charge in [-0.05, 0) is 74.7 Å². The third-order valence-electron chi connectivity index (χ3n) is 5.94. The maximum Gasteiger partial charge on any atom is 0.329 e. The Morgan fingerprint density at radius 3 is 2.54 bits per heavy atom. The van der Waals surface area contributed by atoms with Crippen LogP contribution in [0.1, 0.15) is 49.5 Å². The summed E-state index contributed by atoms with van der Waals surface area (Å²) in [6, 6.07) is 20.8. The lowest BCUT2D eigenvalue weighted by Gasteiger charge is -2.25. The number of nitrogens with one attached hydrogen (secondary N) is 2. The lowest BCUT2D eigenvalue weighted by molar-refractivity contribution is -0.157. The first kappa shape index (κ1) is 24.7. The number of carbonyl (C=O) groups is 2. The summed E-state index contributed by atoms with van der Waals surface area (Å²) in [4.78, 5) is 25.8. The Kier molecular flexibility index (Phi) is 7.71. The van der Waals surface area contributed by atoms with Crippen molar-refractivity contribution < 1.29 is 19.1 Å². The van der Waals surface area contributed by atoms with Crippen LogP contribution in [0.15, 0.2) is 66.7 Å². The molecule has 3 aromatic carbocycles. The fourth-order valence-electron chi connectivity index (χ4n) is 4.26. The van der Waals surface area contributed by atoms with E-state index in [9.17, 15) is 9.59 Å². The zero-order chi connectivity index (χ0) is 24.8. The first-order chi connectivity index (χ1) is 16.8. The van der Waals surface area contributed by atoms with Gasteiger partial charge in [0, 0.05) is 18.5 Å². The number of hydrogen-bond donors (Lipinski definition) is 2. The standard InChI is InChI=1S/C29H34N2O4/c1-29(2,3)35-28(33)25(31-27(32)23-15-14-20-9-4-5-10-21(20)17-23)12-8-16-30-19-24-18-22-11-6-7-13-26(22)34-24/h4-7,9-11,13-15,17,24-25,30H,8,12,16,18-19H2,1-3H3,(H,31,32). The maximum absolute atomic E-state index is 13.0. The minimum atomic E-state index is -0.720. The van der Waals surface area contributed by atoms with Crippen LogP contribution < -0.4 is 15.4 Å². The number of carbonyl (C=O) groups excluding carboxylic acids is 2. The largest absolute Gasteiger partial charge is 0.488 e. The van der Waals surface area contributed by atoms with E-state index < -0.39 is 17.6 Å². The molecule has 0 fully saturated rings. The van der Waals surface area contributed by atoms with Gasteiger partial charge in [-0.1, -0.05) is 48.5 Å². The highest BCUT2D eigenvalue weighted by atomic mass is 16.6. The van der Waals surface area contributed by atoms with Crippen molar-refractivity contribution in [3.63, 3.8) is 0 Å². The molecule has 0 aliphatic carbocycles. The molecule has 1 amide bonds. The van der Waals surface area contributed by atoms with Crippen LogP contribution in [0, 0.1) is 0 Å². The molecule has 1 aliphatic heterocycles. The van der Waals surface area contributed by atoms with Gasteiger partial charge in [0.1, 0.15) is 23.5 Å². The van der Waals surface area contributed by atoms with Gasteiger partial charge in [0.15, 0.2) is 0 Å². The third-order valence-corrected chi connectivity index (χ3v) is 5.94. The van der Waals surface area contributed by atoms with Crippen molar-refractivity contribution in [3.8, 4) is 5.75 Å². The Hall–Kier alpha value is -3.38. The Bertz CT molecular complexity index is 1160. The fraction of sp³-hybridized carbons (Fsp3) is 0.379. The normalized spacial score (nSPS) is 15.8. The minimum absolute atomic E-state index is 0.113. The molecule has 6 nitrogen and oxygen atoms in total. The zero-order valence-corrected chi connectivity index (χ0v) is 20.7. The van der Waals surface area contributed by atoms with Gasteiger partial charge in [0.05, 0.1) is 0 Å². The molecular weight excluding hydrogens is 440 g/mol. The van der Waals surface area contributed by atoms with E-state index in [4.69, 9.17) is 9.47 Å². The molecule has 3 aromatic rings. The number of para-hydroxylation sites is 1. The molecule has 0 aromatic heterocycles. The Labute approximate surface area is 207 Å². The molecule has 2 atom stereocenters. The molecule has 0 spiro atoms. The van der Waals surface area contributed by atoms with Gasteiger partial charge in [-0.15, -0.1) is 0 Å². The summed E-state index contributed by atoms with van der Waals surface area (Å²) < 4.78 is 11.6. The lowest BCUT2D eigenvalue weighted by atomic mass is 10.1. The van der Waals surface area contributed by atoms with E-state index in [1.165, 1.54) is 5.56 Å². The van der Waals surface area contributed by atoms with Crippen molar-refractivity contribution in [2.24, 2.45) is 0 Å². The zero-order valence-electron chi connectivity index (χ0n) is 20.7. The van der Waals surface area contributed by atoms with Crippen molar-refractivity contribution >= 4 is 22.6 Å². The van der Waals surface area contributed by atoms with Crippen LogP contribution in [0.5, 0.6) is 5.75 Å². The van der Waals surface area contributed by atoms with Crippen molar-refractivity contribution in [2.45, 2.75) is 57.8 Å². The SMILES string of the molecule is CC(C)(C)OC(=O)C(CCCNCC1Cc2ccccc2O1)NC(=O)c1ccc2ccccc2c1. The van der Waals surface area contributed by atoms with Crippen molar-refractivity contribution in [3.05, 3.63) is 77.9 Å². The summed E-state index contributed by atoms with van der Waals surface area (Å²) in [6.07, 6.45) is 2.20. The summed E-state index contributed by atoms with van der Waals surface area (Å²) in [6.45, 7) is 6.92. The summed E-state index contributed by atoms with van der Waals surface area (Å²) in [5.41, 5.74) is 1.13. The predicted molar refractivity (Wildman–Crippen MR) is 138 cm³/mol. The lowest BCUT2D eigenvalue weighted by Crippen LogP contribution is -2.44. The second kappa shape index (κ2) is 10.9. The van der Waals surface area contributed by atoms with Gasteiger partial charge in [-0.2, -0.15) is 0 Å². The van der Waals surface area contributed by atoms with Crippen LogP contribution in [-0.2, 0) is 16.0 Å². The van der Waals surface area contributed by atoms with E-state index in [0.29, 0.717) is 24.9 Å². The number of hydrogen-bond acceptors (Lipinski definition) is 5. The van der Waals surface area contributed by atoms with Crippen LogP contribution in [0.2, 0.25) is 0 Å². The molecule has 0 saturated carbocycles. The van der Waals surface area contributed by atoms with E-state index in [0.717, 1.165) is 29.5 Å². The van der Waals surface area contributed by atoms with Gasteiger partial charge in [-0.25, -0.2) is 4.79 Å². The molecule has 1 heterocycles. The highest BCUT2D eigenvalue weighted by Crippen LogP contribution is 2.27. The minimum Gasteiger partial charge on any atom is -0.488 e. The summed E-state index contributed by atoms with van der Waals surface area (Å²) >= 11 is 0. The predicted octanol–water partition coefficient (Wildman–Crippen LogP) is 4.65. The van der Waals surface area contributed by atoms with Crippen LogP contribution >= 0.6 is 0 Å². The summed E-state index contributed by atoms with van der Waals surface area (Å²) in [5, 5.41) is 8.36. The van der Waals surface area contributed by atoms with Gasteiger partial charge in [0.25, 0.3) is 5.91 Å². The Morgan fingerprint density at radius 2 is 1.77 bits per heavy atom. The second-order valence-corrected chi connectivity index (χ2v) is 10.0. The molecule has 2 N–H and O–H groups in total. The van der Waals surface area contributed by atoms with Gasteiger partial charge in [0.2, 0.25) is 0 Å². The van der Waals surface area contributed by atoms with Gasteiger partial charge in [-0.3, -0.25) is 4.79 Å². The smallest absolute Gasteiger partial charge is 0.329 e. The average Bonchev–Trinajstić information content (AvgIpc) is 3.24. The quantitative estimate of drug-likeness (QED) is 0.349. The molecule has 0 bridgehead atoms. The second-order valence-electron chi connectivity index (χ2n) is 10.0. The van der Waals surface area contributed by atoms with Crippen LogP contribution in [0.4, 0.5) is 0 Å². The molecule has 2 unspecified atom stereocenters. The number of fused-ring (bicyclic) bond motifs is 2.